The van der Waals surface area contributed by atoms with E-state index in [1.807, 2.05) is 0 Å². The Balaban J connectivity index is 2.43. The third-order valence-electron chi connectivity index (χ3n) is 2.42. The summed E-state index contributed by atoms with van der Waals surface area (Å²) >= 11 is 3.28. The van der Waals surface area contributed by atoms with Crippen LogP contribution in [0.3, 0.4) is 0 Å². The SMILES string of the molecule is CC(C)CCNC(=O)C(C)Oc1cccnc1Br. The van der Waals surface area contributed by atoms with Crippen LogP contribution in [0.4, 0.5) is 0 Å². The average molecular weight is 315 g/mol. The number of aromatic nitrogens is 1. The Bertz CT molecular complexity index is 396. The van der Waals surface area contributed by atoms with Crippen molar-refractivity contribution in [2.75, 3.05) is 6.54 Å². The molecule has 0 bridgehead atoms. The van der Waals surface area contributed by atoms with Crippen molar-refractivity contribution in [1.82, 2.24) is 10.3 Å². The molecule has 4 nitrogen and oxygen atoms in total. The molecule has 1 aromatic heterocycles. The molecule has 0 aliphatic rings. The summed E-state index contributed by atoms with van der Waals surface area (Å²) in [5, 5.41) is 2.85. The fraction of sp³-hybridized carbons (Fsp3) is 0.538. The zero-order valence-electron chi connectivity index (χ0n) is 10.9. The predicted octanol–water partition coefficient (Wildman–Crippen LogP) is 2.77. The molecular weight excluding hydrogens is 296 g/mol. The first-order chi connectivity index (χ1) is 8.50. The summed E-state index contributed by atoms with van der Waals surface area (Å²) < 4.78 is 6.15. The van der Waals surface area contributed by atoms with Gasteiger partial charge in [-0.05, 0) is 47.3 Å². The van der Waals surface area contributed by atoms with Crippen molar-refractivity contribution in [2.24, 2.45) is 5.92 Å². The smallest absolute Gasteiger partial charge is 0.260 e. The lowest BCUT2D eigenvalue weighted by molar-refractivity contribution is -0.127. The molecule has 5 heteroatoms. The molecular formula is C13H19BrN2O2. The predicted molar refractivity (Wildman–Crippen MR) is 74.5 cm³/mol. The number of rotatable bonds is 6. The number of nitrogens with zero attached hydrogens (tertiary/aromatic N) is 1. The molecule has 1 amide bonds. The highest BCUT2D eigenvalue weighted by molar-refractivity contribution is 9.10. The molecule has 1 rings (SSSR count). The zero-order valence-corrected chi connectivity index (χ0v) is 12.5. The second-order valence-corrected chi connectivity index (χ2v) is 5.28. The van der Waals surface area contributed by atoms with Crippen LogP contribution in [-0.2, 0) is 4.79 Å². The first kappa shape index (κ1) is 15.0. The third-order valence-corrected chi connectivity index (χ3v) is 3.01. The molecule has 1 N–H and O–H groups in total. The number of ether oxygens (including phenoxy) is 1. The van der Waals surface area contributed by atoms with Gasteiger partial charge >= 0.3 is 0 Å². The minimum absolute atomic E-state index is 0.105. The van der Waals surface area contributed by atoms with Crippen LogP contribution in [0.25, 0.3) is 0 Å². The topological polar surface area (TPSA) is 51.2 Å². The van der Waals surface area contributed by atoms with Gasteiger partial charge in [-0.25, -0.2) is 4.98 Å². The van der Waals surface area contributed by atoms with Gasteiger partial charge in [0, 0.05) is 12.7 Å². The first-order valence-electron chi connectivity index (χ1n) is 6.05. The Labute approximate surface area is 116 Å². The van der Waals surface area contributed by atoms with E-state index >= 15 is 0 Å². The first-order valence-corrected chi connectivity index (χ1v) is 6.85. The lowest BCUT2D eigenvalue weighted by atomic mass is 10.1. The van der Waals surface area contributed by atoms with Crippen LogP contribution < -0.4 is 10.1 Å². The third kappa shape index (κ3) is 5.04. The monoisotopic (exact) mass is 314 g/mol. The molecule has 0 aliphatic carbocycles. The molecule has 0 fully saturated rings. The quantitative estimate of drug-likeness (QED) is 0.821. The summed E-state index contributed by atoms with van der Waals surface area (Å²) in [6.45, 7) is 6.65. The average Bonchev–Trinajstić information content (AvgIpc) is 2.31. The van der Waals surface area contributed by atoms with Gasteiger partial charge in [0.05, 0.1) is 0 Å². The normalized spacial score (nSPS) is 12.3. The van der Waals surface area contributed by atoms with Gasteiger partial charge in [0.25, 0.3) is 5.91 Å². The lowest BCUT2D eigenvalue weighted by Gasteiger charge is -2.15. The number of amides is 1. The Morgan fingerprint density at radius 1 is 1.50 bits per heavy atom. The van der Waals surface area contributed by atoms with E-state index in [4.69, 9.17) is 4.74 Å². The second-order valence-electron chi connectivity index (χ2n) is 4.53. The summed E-state index contributed by atoms with van der Waals surface area (Å²) in [4.78, 5) is 15.8. The van der Waals surface area contributed by atoms with Crippen LogP contribution in [0.1, 0.15) is 27.2 Å². The summed E-state index contributed by atoms with van der Waals surface area (Å²) in [5.74, 6) is 1.05. The van der Waals surface area contributed by atoms with Gasteiger partial charge < -0.3 is 10.1 Å². The van der Waals surface area contributed by atoms with Crippen molar-refractivity contribution >= 4 is 21.8 Å². The van der Waals surface area contributed by atoms with E-state index in [0.29, 0.717) is 22.8 Å². The molecule has 1 atom stereocenters. The van der Waals surface area contributed by atoms with Crippen LogP contribution in [0.2, 0.25) is 0 Å². The van der Waals surface area contributed by atoms with E-state index in [1.54, 1.807) is 25.3 Å². The molecule has 0 saturated carbocycles. The Hall–Kier alpha value is -1.10. The molecule has 0 spiro atoms. The molecule has 0 radical (unpaired) electrons. The minimum atomic E-state index is -0.530. The number of carbonyl (C=O) groups excluding carboxylic acids is 1. The number of nitrogens with one attached hydrogen (secondary N) is 1. The second kappa shape index (κ2) is 7.36. The molecule has 18 heavy (non-hydrogen) atoms. The van der Waals surface area contributed by atoms with Crippen molar-refractivity contribution in [3.8, 4) is 5.75 Å². The van der Waals surface area contributed by atoms with E-state index in [-0.39, 0.29) is 5.91 Å². The highest BCUT2D eigenvalue weighted by Gasteiger charge is 2.15. The van der Waals surface area contributed by atoms with Crippen molar-refractivity contribution < 1.29 is 9.53 Å². The van der Waals surface area contributed by atoms with Gasteiger partial charge in [-0.3, -0.25) is 4.79 Å². The number of pyridine rings is 1. The largest absolute Gasteiger partial charge is 0.478 e. The standard InChI is InChI=1S/C13H19BrN2O2/c1-9(2)6-8-16-13(17)10(3)18-11-5-4-7-15-12(11)14/h4-5,7,9-10H,6,8H2,1-3H3,(H,16,17). The van der Waals surface area contributed by atoms with Gasteiger partial charge in [-0.1, -0.05) is 13.8 Å². The van der Waals surface area contributed by atoms with E-state index in [1.165, 1.54) is 0 Å². The number of halogens is 1. The van der Waals surface area contributed by atoms with E-state index in [2.05, 4.69) is 40.1 Å². The Morgan fingerprint density at radius 2 is 2.22 bits per heavy atom. The Kier molecular flexibility index (Phi) is 6.12. The highest BCUT2D eigenvalue weighted by Crippen LogP contribution is 2.22. The molecule has 0 aliphatic heterocycles. The highest BCUT2D eigenvalue weighted by atomic mass is 79.9. The fourth-order valence-electron chi connectivity index (χ4n) is 1.33. The summed E-state index contributed by atoms with van der Waals surface area (Å²) in [6.07, 6.45) is 2.09. The number of hydrogen-bond acceptors (Lipinski definition) is 3. The summed E-state index contributed by atoms with van der Waals surface area (Å²) in [6, 6.07) is 3.54. The van der Waals surface area contributed by atoms with Gasteiger partial charge in [0.1, 0.15) is 4.60 Å². The van der Waals surface area contributed by atoms with Crippen molar-refractivity contribution in [1.29, 1.82) is 0 Å². The van der Waals surface area contributed by atoms with E-state index in [9.17, 15) is 4.79 Å². The van der Waals surface area contributed by atoms with Gasteiger partial charge in [0.15, 0.2) is 11.9 Å². The van der Waals surface area contributed by atoms with Crippen LogP contribution in [-0.4, -0.2) is 23.5 Å². The number of hydrogen-bond donors (Lipinski definition) is 1. The van der Waals surface area contributed by atoms with Crippen LogP contribution in [0.15, 0.2) is 22.9 Å². The maximum atomic E-state index is 11.8. The van der Waals surface area contributed by atoms with Gasteiger partial charge in [-0.2, -0.15) is 0 Å². The van der Waals surface area contributed by atoms with E-state index in [0.717, 1.165) is 6.42 Å². The van der Waals surface area contributed by atoms with Crippen LogP contribution in [0.5, 0.6) is 5.75 Å². The van der Waals surface area contributed by atoms with E-state index < -0.39 is 6.10 Å². The van der Waals surface area contributed by atoms with Crippen molar-refractivity contribution in [3.63, 3.8) is 0 Å². The molecule has 0 aromatic carbocycles. The van der Waals surface area contributed by atoms with Gasteiger partial charge in [0.2, 0.25) is 0 Å². The summed E-state index contributed by atoms with van der Waals surface area (Å²) in [7, 11) is 0. The van der Waals surface area contributed by atoms with Crippen LogP contribution in [0, 0.1) is 5.92 Å². The molecule has 1 heterocycles. The molecule has 100 valence electrons. The fourth-order valence-corrected chi connectivity index (χ4v) is 1.67. The maximum absolute atomic E-state index is 11.8. The zero-order chi connectivity index (χ0) is 13.5. The molecule has 1 aromatic rings. The lowest BCUT2D eigenvalue weighted by Crippen LogP contribution is -2.37. The summed E-state index contributed by atoms with van der Waals surface area (Å²) in [5.41, 5.74) is 0. The molecule has 0 saturated heterocycles. The Morgan fingerprint density at radius 3 is 2.83 bits per heavy atom. The maximum Gasteiger partial charge on any atom is 0.260 e. The minimum Gasteiger partial charge on any atom is -0.478 e. The van der Waals surface area contributed by atoms with Crippen molar-refractivity contribution in [2.45, 2.75) is 33.3 Å². The van der Waals surface area contributed by atoms with Crippen LogP contribution >= 0.6 is 15.9 Å². The molecule has 1 unspecified atom stereocenters. The van der Waals surface area contributed by atoms with Gasteiger partial charge in [-0.15, -0.1) is 0 Å². The number of carbonyl (C=O) groups is 1. The van der Waals surface area contributed by atoms with Crippen molar-refractivity contribution in [3.05, 3.63) is 22.9 Å².